The van der Waals surface area contributed by atoms with Gasteiger partial charge in [0.2, 0.25) is 0 Å². The molecule has 2 aromatic rings. The third-order valence-corrected chi connectivity index (χ3v) is 5.74. The van der Waals surface area contributed by atoms with Crippen molar-refractivity contribution in [3.8, 4) is 0 Å². The highest BCUT2D eigenvalue weighted by Gasteiger charge is 2.32. The monoisotopic (exact) mass is 377 g/mol. The Balaban J connectivity index is 1.59. The lowest BCUT2D eigenvalue weighted by molar-refractivity contribution is -0.112. The molecule has 4 heteroatoms. The van der Waals surface area contributed by atoms with Crippen LogP contribution in [-0.4, -0.2) is 41.5 Å². The fourth-order valence-electron chi connectivity index (χ4n) is 4.19. The maximum absolute atomic E-state index is 12.6. The molecule has 28 heavy (non-hydrogen) atoms. The number of nitrogens with zero attached hydrogens (tertiary/aromatic N) is 1. The molecule has 0 fully saturated rings. The van der Waals surface area contributed by atoms with Gasteiger partial charge < -0.3 is 9.84 Å². The molecular formula is C24H27NO3. The van der Waals surface area contributed by atoms with Gasteiger partial charge in [-0.3, -0.25) is 9.69 Å². The summed E-state index contributed by atoms with van der Waals surface area (Å²) >= 11 is 0. The van der Waals surface area contributed by atoms with Gasteiger partial charge >= 0.3 is 0 Å². The van der Waals surface area contributed by atoms with Crippen molar-refractivity contribution in [2.45, 2.75) is 39.3 Å². The van der Waals surface area contributed by atoms with Crippen LogP contribution >= 0.6 is 0 Å². The second-order valence-corrected chi connectivity index (χ2v) is 7.84. The van der Waals surface area contributed by atoms with Crippen LogP contribution in [0.5, 0.6) is 0 Å². The van der Waals surface area contributed by atoms with Gasteiger partial charge in [0.05, 0.1) is 12.2 Å². The molecule has 146 valence electrons. The predicted octanol–water partition coefficient (Wildman–Crippen LogP) is 3.46. The van der Waals surface area contributed by atoms with Crippen LogP contribution in [0.1, 0.15) is 41.7 Å². The lowest BCUT2D eigenvalue weighted by Crippen LogP contribution is -2.35. The zero-order chi connectivity index (χ0) is 19.7. The van der Waals surface area contributed by atoms with Gasteiger partial charge in [-0.1, -0.05) is 42.5 Å². The van der Waals surface area contributed by atoms with Gasteiger partial charge in [-0.15, -0.1) is 0 Å². The fraction of sp³-hybridized carbons (Fsp3) is 0.375. The predicted molar refractivity (Wildman–Crippen MR) is 111 cm³/mol. The summed E-state index contributed by atoms with van der Waals surface area (Å²) in [6, 6.07) is 14.8. The summed E-state index contributed by atoms with van der Waals surface area (Å²) in [6.45, 7) is 6.62. The Morgan fingerprint density at radius 1 is 1.07 bits per heavy atom. The van der Waals surface area contributed by atoms with E-state index in [9.17, 15) is 9.90 Å². The largest absolute Gasteiger partial charge is 0.487 e. The topological polar surface area (TPSA) is 49.8 Å². The van der Waals surface area contributed by atoms with Crippen LogP contribution in [0, 0.1) is 0 Å². The number of fused-ring (bicyclic) bond motifs is 2. The molecule has 0 aromatic heterocycles. The first kappa shape index (κ1) is 18.9. The van der Waals surface area contributed by atoms with Crippen molar-refractivity contribution in [2.75, 3.05) is 19.7 Å². The molecule has 0 spiro atoms. The number of allylic oxidation sites excluding steroid dienone is 1. The molecule has 1 heterocycles. The van der Waals surface area contributed by atoms with E-state index in [-0.39, 0.29) is 12.4 Å². The molecule has 1 aliphatic heterocycles. The molecule has 0 bridgehead atoms. The van der Waals surface area contributed by atoms with Crippen LogP contribution in [0.3, 0.4) is 0 Å². The third kappa shape index (κ3) is 3.50. The van der Waals surface area contributed by atoms with Gasteiger partial charge in [-0.05, 0) is 37.0 Å². The Bertz CT molecular complexity index is 929. The van der Waals surface area contributed by atoms with Gasteiger partial charge in [-0.2, -0.15) is 0 Å². The third-order valence-electron chi connectivity index (χ3n) is 5.74. The number of aliphatic hydroxyl groups excluding tert-OH is 1. The average molecular weight is 377 g/mol. The van der Waals surface area contributed by atoms with E-state index in [2.05, 4.69) is 36.9 Å². The molecule has 1 aliphatic carbocycles. The van der Waals surface area contributed by atoms with E-state index in [1.165, 1.54) is 5.56 Å². The Morgan fingerprint density at radius 2 is 1.89 bits per heavy atom. The molecule has 1 N–H and O–H groups in total. The molecule has 0 unspecified atom stereocenters. The summed E-state index contributed by atoms with van der Waals surface area (Å²) in [6.07, 6.45) is 1.39. The van der Waals surface area contributed by atoms with E-state index in [0.717, 1.165) is 46.6 Å². The highest BCUT2D eigenvalue weighted by molar-refractivity contribution is 6.31. The molecule has 4 rings (SSSR count). The van der Waals surface area contributed by atoms with E-state index in [4.69, 9.17) is 4.74 Å². The number of carbonyl (C=O) groups is 1. The van der Waals surface area contributed by atoms with Gasteiger partial charge in [0.1, 0.15) is 12.4 Å². The number of rotatable bonds is 6. The number of carbonyl (C=O) groups excluding carboxylic acids is 1. The normalized spacial score (nSPS) is 18.0. The molecule has 0 atom stereocenters. The zero-order valence-corrected chi connectivity index (χ0v) is 16.6. The smallest absolute Gasteiger partial charge is 0.171 e. The number of Topliss-reactive ketones (excluding diaryl/α,β-unsaturated/α-hetero) is 1. The maximum atomic E-state index is 12.6. The van der Waals surface area contributed by atoms with E-state index < -0.39 is 0 Å². The minimum Gasteiger partial charge on any atom is -0.487 e. The number of ketones is 1. The molecular weight excluding hydrogens is 350 g/mol. The van der Waals surface area contributed by atoms with E-state index in [1.54, 1.807) is 0 Å². The first-order valence-electron chi connectivity index (χ1n) is 10.0. The maximum Gasteiger partial charge on any atom is 0.171 e. The highest BCUT2D eigenvalue weighted by Crippen LogP contribution is 2.40. The molecule has 2 aliphatic rings. The number of ether oxygens (including phenoxy) is 1. The van der Waals surface area contributed by atoms with Crippen molar-refractivity contribution < 1.29 is 14.6 Å². The Kier molecular flexibility index (Phi) is 5.33. The van der Waals surface area contributed by atoms with Crippen molar-refractivity contribution >= 4 is 17.1 Å². The van der Waals surface area contributed by atoms with E-state index >= 15 is 0 Å². The van der Waals surface area contributed by atoms with Gasteiger partial charge in [-0.25, -0.2) is 0 Å². The summed E-state index contributed by atoms with van der Waals surface area (Å²) < 4.78 is 6.01. The number of hydrogen-bond acceptors (Lipinski definition) is 4. The molecule has 0 radical (unpaired) electrons. The highest BCUT2D eigenvalue weighted by atomic mass is 16.5. The van der Waals surface area contributed by atoms with Crippen molar-refractivity contribution in [3.63, 3.8) is 0 Å². The Labute approximate surface area is 166 Å². The first-order valence-corrected chi connectivity index (χ1v) is 10.0. The minimum atomic E-state index is 0.143. The lowest BCUT2D eigenvalue weighted by Gasteiger charge is -2.25. The van der Waals surface area contributed by atoms with Gasteiger partial charge in [0.25, 0.3) is 0 Å². The number of benzene rings is 2. The summed E-state index contributed by atoms with van der Waals surface area (Å²) in [4.78, 5) is 14.9. The van der Waals surface area contributed by atoms with Crippen LogP contribution in [0.25, 0.3) is 11.3 Å². The van der Waals surface area contributed by atoms with Crippen molar-refractivity contribution in [1.82, 2.24) is 4.90 Å². The Hall–Kier alpha value is -2.43. The van der Waals surface area contributed by atoms with Crippen LogP contribution in [0.4, 0.5) is 0 Å². The number of hydrogen-bond donors (Lipinski definition) is 1. The van der Waals surface area contributed by atoms with Crippen LogP contribution < -0.4 is 0 Å². The van der Waals surface area contributed by atoms with Gasteiger partial charge in [0, 0.05) is 36.7 Å². The van der Waals surface area contributed by atoms with E-state index in [0.29, 0.717) is 25.6 Å². The summed E-state index contributed by atoms with van der Waals surface area (Å²) in [5, 5.41) is 9.24. The zero-order valence-electron chi connectivity index (χ0n) is 16.6. The molecule has 0 amide bonds. The Morgan fingerprint density at radius 3 is 2.68 bits per heavy atom. The van der Waals surface area contributed by atoms with Crippen molar-refractivity contribution in [2.24, 2.45) is 0 Å². The van der Waals surface area contributed by atoms with Gasteiger partial charge in [0.15, 0.2) is 5.78 Å². The average Bonchev–Trinajstić information content (AvgIpc) is 3.23. The minimum absolute atomic E-state index is 0.143. The summed E-state index contributed by atoms with van der Waals surface area (Å²) in [7, 11) is 0. The molecule has 0 saturated carbocycles. The summed E-state index contributed by atoms with van der Waals surface area (Å²) in [5.74, 6) is 0.880. The number of aliphatic hydroxyl groups is 1. The molecule has 0 saturated heterocycles. The fourth-order valence-corrected chi connectivity index (χ4v) is 4.19. The lowest BCUT2D eigenvalue weighted by atomic mass is 9.98. The SMILES string of the molecule is CC(C)N(CCO)CCc1ccc2c(c1)CO/C2=C1/C(=O)Cc2ccccc21. The molecule has 2 aromatic carbocycles. The quantitative estimate of drug-likeness (QED) is 0.784. The van der Waals surface area contributed by atoms with Crippen LogP contribution in [0.2, 0.25) is 0 Å². The standard InChI is InChI=1S/C24H27NO3/c1-16(2)25(11-12-26)10-9-17-7-8-21-19(13-17)15-28-24(21)23-20-6-4-3-5-18(20)14-22(23)27/h3-8,13,16,26H,9-12,14-15H2,1-2H3/b24-23+. The second-order valence-electron chi connectivity index (χ2n) is 7.84. The first-order chi connectivity index (χ1) is 13.6. The van der Waals surface area contributed by atoms with E-state index in [1.807, 2.05) is 24.3 Å². The summed E-state index contributed by atoms with van der Waals surface area (Å²) in [5.41, 5.74) is 6.28. The van der Waals surface area contributed by atoms with Crippen molar-refractivity contribution in [1.29, 1.82) is 0 Å². The molecule has 4 nitrogen and oxygen atoms in total. The van der Waals surface area contributed by atoms with Crippen molar-refractivity contribution in [3.05, 3.63) is 70.3 Å². The van der Waals surface area contributed by atoms with Crippen LogP contribution in [0.15, 0.2) is 42.5 Å². The second kappa shape index (κ2) is 7.90. The van der Waals surface area contributed by atoms with Crippen LogP contribution in [-0.2, 0) is 29.0 Å².